The predicted octanol–water partition coefficient (Wildman–Crippen LogP) is 5.94. The summed E-state index contributed by atoms with van der Waals surface area (Å²) in [6, 6.07) is 0.583. The van der Waals surface area contributed by atoms with Crippen molar-refractivity contribution in [2.45, 2.75) is 143 Å². The van der Waals surface area contributed by atoms with Gasteiger partial charge in [0.1, 0.15) is 0 Å². The van der Waals surface area contributed by atoms with Crippen LogP contribution in [0.2, 0.25) is 0 Å². The quantitative estimate of drug-likeness (QED) is 0.0973. The van der Waals surface area contributed by atoms with Gasteiger partial charge in [0, 0.05) is 6.04 Å². The van der Waals surface area contributed by atoms with E-state index in [9.17, 15) is 18.1 Å². The Morgan fingerprint density at radius 3 is 2.23 bits per heavy atom. The standard InChI is InChI=1S/C35H67N3O5S/c1-24(2)32(43-44(40,41)42)13-10-25(3)28-11-12-29-33-30(15-17-35(28,29)5)34(4)16-14-27(22-26(34)23-31(33)39)38-21-9-8-20-37-19-7-6-18-36/h24-33,37-39H,6-23,36H2,1-5H3,(H,40,41,42)/t25-,26-,27+,28-,29+,30+,31-,32-,33+,34+,35-/m1/s1. The van der Waals surface area contributed by atoms with Gasteiger partial charge >= 0.3 is 10.4 Å². The second-order valence-corrected chi connectivity index (χ2v) is 17.3. The molecular weight excluding hydrogens is 574 g/mol. The summed E-state index contributed by atoms with van der Waals surface area (Å²) in [5, 5.41) is 19.2. The highest BCUT2D eigenvalue weighted by molar-refractivity contribution is 7.80. The van der Waals surface area contributed by atoms with Gasteiger partial charge < -0.3 is 21.5 Å². The molecule has 6 N–H and O–H groups in total. The first kappa shape index (κ1) is 36.5. The Kier molecular flexibility index (Phi) is 13.1. The molecule has 258 valence electrons. The summed E-state index contributed by atoms with van der Waals surface area (Å²) in [5.74, 6) is 3.23. The maximum atomic E-state index is 11.8. The lowest BCUT2D eigenvalue weighted by atomic mass is 9.43. The van der Waals surface area contributed by atoms with Crippen molar-refractivity contribution in [1.82, 2.24) is 10.6 Å². The molecule has 9 heteroatoms. The molecule has 4 aliphatic carbocycles. The van der Waals surface area contributed by atoms with Gasteiger partial charge in [-0.3, -0.25) is 4.55 Å². The highest BCUT2D eigenvalue weighted by Crippen LogP contribution is 2.68. The van der Waals surface area contributed by atoms with Crippen molar-refractivity contribution in [3.63, 3.8) is 0 Å². The van der Waals surface area contributed by atoms with Crippen molar-refractivity contribution in [2.24, 2.45) is 58.0 Å². The average molecular weight is 642 g/mol. The Morgan fingerprint density at radius 1 is 0.886 bits per heavy atom. The van der Waals surface area contributed by atoms with Crippen LogP contribution in [-0.4, -0.2) is 62.5 Å². The maximum absolute atomic E-state index is 11.8. The summed E-state index contributed by atoms with van der Waals surface area (Å²) in [6.07, 6.45) is 15.1. The smallest absolute Gasteiger partial charge is 0.393 e. The van der Waals surface area contributed by atoms with Gasteiger partial charge in [0.2, 0.25) is 0 Å². The Hall–Kier alpha value is -0.290. The summed E-state index contributed by atoms with van der Waals surface area (Å²) in [7, 11) is -4.45. The van der Waals surface area contributed by atoms with E-state index in [1.165, 1.54) is 64.2 Å². The largest absolute Gasteiger partial charge is 0.397 e. The zero-order valence-electron chi connectivity index (χ0n) is 28.6. The van der Waals surface area contributed by atoms with E-state index in [0.717, 1.165) is 45.4 Å². The molecule has 0 amide bonds. The monoisotopic (exact) mass is 641 g/mol. The molecular formula is C35H67N3O5S. The molecule has 4 fully saturated rings. The minimum atomic E-state index is -4.45. The van der Waals surface area contributed by atoms with E-state index in [-0.39, 0.29) is 17.4 Å². The topological polar surface area (TPSA) is 134 Å². The molecule has 0 aromatic rings. The fourth-order valence-electron chi connectivity index (χ4n) is 10.9. The van der Waals surface area contributed by atoms with Crippen LogP contribution in [0.4, 0.5) is 0 Å². The first-order chi connectivity index (χ1) is 20.8. The molecule has 0 saturated heterocycles. The van der Waals surface area contributed by atoms with Crippen molar-refractivity contribution in [2.75, 3.05) is 26.2 Å². The zero-order chi connectivity index (χ0) is 32.1. The number of aliphatic hydroxyl groups excluding tert-OH is 1. The van der Waals surface area contributed by atoms with Crippen LogP contribution in [0, 0.1) is 52.3 Å². The van der Waals surface area contributed by atoms with E-state index >= 15 is 0 Å². The number of hydrogen-bond acceptors (Lipinski definition) is 7. The van der Waals surface area contributed by atoms with Crippen molar-refractivity contribution in [3.8, 4) is 0 Å². The second kappa shape index (κ2) is 15.7. The lowest BCUT2D eigenvalue weighted by Crippen LogP contribution is -2.59. The van der Waals surface area contributed by atoms with E-state index in [1.54, 1.807) is 0 Å². The molecule has 4 rings (SSSR count). The highest BCUT2D eigenvalue weighted by Gasteiger charge is 2.62. The third kappa shape index (κ3) is 8.59. The van der Waals surface area contributed by atoms with Crippen LogP contribution in [0.15, 0.2) is 0 Å². The van der Waals surface area contributed by atoms with Gasteiger partial charge in [-0.25, -0.2) is 4.18 Å². The lowest BCUT2D eigenvalue weighted by molar-refractivity contribution is -0.167. The van der Waals surface area contributed by atoms with E-state index in [1.807, 2.05) is 13.8 Å². The normalized spacial score (nSPS) is 38.6. The minimum Gasteiger partial charge on any atom is -0.393 e. The molecule has 0 aromatic carbocycles. The maximum Gasteiger partial charge on any atom is 0.397 e. The predicted molar refractivity (Wildman–Crippen MR) is 178 cm³/mol. The minimum absolute atomic E-state index is 0.0155. The Balaban J connectivity index is 1.29. The molecule has 4 aliphatic rings. The fourth-order valence-corrected chi connectivity index (χ4v) is 11.5. The third-order valence-corrected chi connectivity index (χ3v) is 13.9. The number of unbranched alkanes of at least 4 members (excludes halogenated alkanes) is 2. The molecule has 4 saturated carbocycles. The van der Waals surface area contributed by atoms with Crippen LogP contribution in [0.5, 0.6) is 0 Å². The van der Waals surface area contributed by atoms with Crippen molar-refractivity contribution < 1.29 is 22.3 Å². The Bertz CT molecular complexity index is 997. The van der Waals surface area contributed by atoms with Gasteiger partial charge in [0.15, 0.2) is 0 Å². The second-order valence-electron chi connectivity index (χ2n) is 16.3. The van der Waals surface area contributed by atoms with Gasteiger partial charge in [-0.1, -0.05) is 34.6 Å². The molecule has 0 unspecified atom stereocenters. The Labute approximate surface area is 269 Å². The summed E-state index contributed by atoms with van der Waals surface area (Å²) in [5.41, 5.74) is 6.13. The molecule has 8 nitrogen and oxygen atoms in total. The number of rotatable bonds is 17. The van der Waals surface area contributed by atoms with Crippen LogP contribution in [0.1, 0.15) is 125 Å². The molecule has 0 heterocycles. The first-order valence-electron chi connectivity index (χ1n) is 18.3. The number of nitrogens with two attached hydrogens (primary N) is 1. The van der Waals surface area contributed by atoms with Gasteiger partial charge in [-0.05, 0) is 168 Å². The Morgan fingerprint density at radius 2 is 1.55 bits per heavy atom. The number of aliphatic hydroxyl groups is 1. The van der Waals surface area contributed by atoms with Crippen LogP contribution in [0.25, 0.3) is 0 Å². The molecule has 0 bridgehead atoms. The summed E-state index contributed by atoms with van der Waals surface area (Å²) < 4.78 is 37.1. The van der Waals surface area contributed by atoms with Gasteiger partial charge in [0.25, 0.3) is 0 Å². The fraction of sp³-hybridized carbons (Fsp3) is 1.00. The van der Waals surface area contributed by atoms with Gasteiger partial charge in [-0.2, -0.15) is 8.42 Å². The molecule has 0 radical (unpaired) electrons. The average Bonchev–Trinajstić information content (AvgIpc) is 3.31. The lowest BCUT2D eigenvalue weighted by Gasteiger charge is -2.62. The molecule has 0 spiro atoms. The van der Waals surface area contributed by atoms with Crippen molar-refractivity contribution >= 4 is 10.4 Å². The molecule has 44 heavy (non-hydrogen) atoms. The van der Waals surface area contributed by atoms with Gasteiger partial charge in [-0.15, -0.1) is 0 Å². The summed E-state index contributed by atoms with van der Waals surface area (Å²) >= 11 is 0. The first-order valence-corrected chi connectivity index (χ1v) is 19.6. The summed E-state index contributed by atoms with van der Waals surface area (Å²) in [4.78, 5) is 0. The number of hydrogen-bond donors (Lipinski definition) is 5. The number of nitrogens with one attached hydrogen (secondary N) is 2. The number of fused-ring (bicyclic) bond motifs is 5. The zero-order valence-corrected chi connectivity index (χ0v) is 29.4. The van der Waals surface area contributed by atoms with Crippen molar-refractivity contribution in [1.29, 1.82) is 0 Å². The molecule has 11 atom stereocenters. The highest BCUT2D eigenvalue weighted by atomic mass is 32.3. The third-order valence-electron chi connectivity index (χ3n) is 13.4. The van der Waals surface area contributed by atoms with E-state index in [0.29, 0.717) is 53.4 Å². The SMILES string of the molecule is CC(C)[C@@H](CC[C@@H](C)[C@H]1CC[C@H]2[C@@H]3[C@H](O)C[C@H]4C[C@@H](NCCCCNCCCCN)CC[C@]4(C)[C@H]3CC[C@]12C)OS(=O)(=O)O. The van der Waals surface area contributed by atoms with Crippen LogP contribution in [-0.2, 0) is 14.6 Å². The molecule has 0 aliphatic heterocycles. The van der Waals surface area contributed by atoms with E-state index in [4.69, 9.17) is 9.92 Å². The van der Waals surface area contributed by atoms with Gasteiger partial charge in [0.05, 0.1) is 12.2 Å². The van der Waals surface area contributed by atoms with E-state index < -0.39 is 16.5 Å². The summed E-state index contributed by atoms with van der Waals surface area (Å²) in [6.45, 7) is 15.4. The molecule has 0 aromatic heterocycles. The van der Waals surface area contributed by atoms with E-state index in [2.05, 4.69) is 31.4 Å². The van der Waals surface area contributed by atoms with Crippen LogP contribution < -0.4 is 16.4 Å². The van der Waals surface area contributed by atoms with Crippen LogP contribution >= 0.6 is 0 Å². The van der Waals surface area contributed by atoms with Crippen molar-refractivity contribution in [3.05, 3.63) is 0 Å². The van der Waals surface area contributed by atoms with Crippen LogP contribution in [0.3, 0.4) is 0 Å².